The topological polar surface area (TPSA) is 101 Å². The fourth-order valence-corrected chi connectivity index (χ4v) is 5.55. The summed E-state index contributed by atoms with van der Waals surface area (Å²) in [4.78, 5) is 45.3. The molecule has 0 bridgehead atoms. The van der Waals surface area contributed by atoms with E-state index < -0.39 is 17.5 Å². The summed E-state index contributed by atoms with van der Waals surface area (Å²) >= 11 is 0. The Kier molecular flexibility index (Phi) is 5.93. The van der Waals surface area contributed by atoms with Crippen LogP contribution in [0.4, 0.5) is 4.79 Å². The number of ether oxygens (including phenoxy) is 1. The summed E-state index contributed by atoms with van der Waals surface area (Å²) < 4.78 is 5.75. The first-order chi connectivity index (χ1) is 20.0. The van der Waals surface area contributed by atoms with Crippen molar-refractivity contribution in [2.75, 3.05) is 13.2 Å². The van der Waals surface area contributed by atoms with Crippen LogP contribution < -0.4 is 15.4 Å². The highest BCUT2D eigenvalue weighted by atomic mass is 16.5. The highest BCUT2D eigenvalue weighted by Crippen LogP contribution is 2.34. The van der Waals surface area contributed by atoms with E-state index in [-0.39, 0.29) is 19.1 Å². The smallest absolute Gasteiger partial charge is 0.322 e. The largest absolute Gasteiger partial charge is 0.481 e. The van der Waals surface area contributed by atoms with Crippen molar-refractivity contribution in [3.8, 4) is 28.7 Å². The number of urea groups is 1. The van der Waals surface area contributed by atoms with Gasteiger partial charge in [0.1, 0.15) is 12.4 Å². The highest BCUT2D eigenvalue weighted by molar-refractivity contribution is 6.08. The maximum atomic E-state index is 13.5. The van der Waals surface area contributed by atoms with Crippen molar-refractivity contribution in [3.63, 3.8) is 0 Å². The number of fused-ring (bicyclic) bond motifs is 2. The van der Waals surface area contributed by atoms with Crippen LogP contribution >= 0.6 is 0 Å². The lowest BCUT2D eigenvalue weighted by Gasteiger charge is -2.31. The first-order valence-electron chi connectivity index (χ1n) is 13.6. The second kappa shape index (κ2) is 9.79. The number of nitrogens with one attached hydrogen (secondary N) is 2. The van der Waals surface area contributed by atoms with E-state index >= 15 is 0 Å². The van der Waals surface area contributed by atoms with Gasteiger partial charge in [0.2, 0.25) is 0 Å². The lowest BCUT2D eigenvalue weighted by atomic mass is 9.87. The first kappa shape index (κ1) is 24.9. The molecule has 3 aliphatic rings. The molecular weight excluding hydrogens is 516 g/mol. The van der Waals surface area contributed by atoms with E-state index in [4.69, 9.17) is 4.74 Å². The van der Waals surface area contributed by atoms with Gasteiger partial charge in [-0.3, -0.25) is 19.9 Å². The van der Waals surface area contributed by atoms with Crippen molar-refractivity contribution >= 4 is 28.7 Å². The van der Waals surface area contributed by atoms with Gasteiger partial charge in [-0.2, -0.15) is 0 Å². The number of hydrogen-bond acceptors (Lipinski definition) is 5. The number of hydrogen-bond donors (Lipinski definition) is 2. The number of pyridine rings is 1. The molecule has 1 saturated carbocycles. The Morgan fingerprint density at radius 3 is 2.59 bits per heavy atom. The van der Waals surface area contributed by atoms with E-state index in [9.17, 15) is 14.4 Å². The first-order valence-corrected chi connectivity index (χ1v) is 13.6. The van der Waals surface area contributed by atoms with Crippen LogP contribution in [0.5, 0.6) is 5.75 Å². The Hall–Kier alpha value is -5.16. The summed E-state index contributed by atoms with van der Waals surface area (Å²) in [7, 11) is 0. The molecule has 1 aliphatic carbocycles. The standard InChI is InChI=1S/C33H26N4O4/c38-30-28-18-26(41-17-3-4-21-8-9-21)15-12-24(28)19-37(30)20-33(31(39)35-32(40)36-33)25-13-10-22(11-14-25)27-7-1-5-23-6-2-16-34-29(23)27/h1-2,5-7,10-16,18,21H,8-9,17,19-20H2,(H2,35,36,39,40)/t33-/m0/s1. The van der Waals surface area contributed by atoms with Crippen molar-refractivity contribution in [2.24, 2.45) is 5.92 Å². The normalized spacial score (nSPS) is 19.4. The molecule has 8 heteroatoms. The average molecular weight is 543 g/mol. The SMILES string of the molecule is O=C1NC(=O)[C@](CN2Cc3ccc(OCC#CC4CC4)cc3C2=O)(c2ccc(-c3cccc4cccnc34)cc2)N1. The number of nitrogens with zero attached hydrogens (tertiary/aromatic N) is 2. The zero-order valence-electron chi connectivity index (χ0n) is 22.1. The summed E-state index contributed by atoms with van der Waals surface area (Å²) in [5.74, 6) is 6.55. The van der Waals surface area contributed by atoms with Gasteiger partial charge in [-0.15, -0.1) is 0 Å². The number of amides is 4. The van der Waals surface area contributed by atoms with Gasteiger partial charge in [0.15, 0.2) is 5.54 Å². The second-order valence-electron chi connectivity index (χ2n) is 10.6. The molecule has 3 aromatic carbocycles. The molecule has 1 atom stereocenters. The quantitative estimate of drug-likeness (QED) is 0.278. The molecular formula is C33H26N4O4. The fraction of sp³-hybridized carbons (Fsp3) is 0.212. The molecule has 2 aliphatic heterocycles. The molecule has 1 saturated heterocycles. The number of aromatic nitrogens is 1. The number of benzene rings is 3. The number of carbonyl (C=O) groups excluding carboxylic acids is 3. The van der Waals surface area contributed by atoms with E-state index in [0.717, 1.165) is 40.4 Å². The van der Waals surface area contributed by atoms with Crippen LogP contribution in [0, 0.1) is 17.8 Å². The summed E-state index contributed by atoms with van der Waals surface area (Å²) in [6, 6.07) is 22.2. The van der Waals surface area contributed by atoms with Crippen molar-refractivity contribution in [1.82, 2.24) is 20.5 Å². The summed E-state index contributed by atoms with van der Waals surface area (Å²) in [6.07, 6.45) is 4.07. The Morgan fingerprint density at radius 1 is 0.976 bits per heavy atom. The molecule has 3 heterocycles. The van der Waals surface area contributed by atoms with E-state index in [0.29, 0.717) is 29.3 Å². The van der Waals surface area contributed by atoms with Crippen molar-refractivity contribution in [1.29, 1.82) is 0 Å². The maximum absolute atomic E-state index is 13.5. The van der Waals surface area contributed by atoms with Crippen molar-refractivity contribution < 1.29 is 19.1 Å². The third-order valence-corrected chi connectivity index (χ3v) is 7.85. The lowest BCUT2D eigenvalue weighted by Crippen LogP contribution is -2.52. The molecule has 0 unspecified atom stereocenters. The summed E-state index contributed by atoms with van der Waals surface area (Å²) in [6.45, 7) is 0.574. The molecule has 1 aromatic heterocycles. The Balaban J connectivity index is 1.15. The van der Waals surface area contributed by atoms with Crippen LogP contribution in [0.3, 0.4) is 0 Å². The van der Waals surface area contributed by atoms with Crippen LogP contribution in [-0.2, 0) is 16.9 Å². The van der Waals surface area contributed by atoms with Gasteiger partial charge in [-0.25, -0.2) is 4.79 Å². The lowest BCUT2D eigenvalue weighted by molar-refractivity contribution is -0.124. The van der Waals surface area contributed by atoms with Gasteiger partial charge in [0, 0.05) is 35.2 Å². The molecule has 4 aromatic rings. The third-order valence-electron chi connectivity index (χ3n) is 7.85. The number of imide groups is 1. The van der Waals surface area contributed by atoms with Crippen LogP contribution in [0.1, 0.15) is 34.3 Å². The predicted molar refractivity (Wildman–Crippen MR) is 153 cm³/mol. The molecule has 41 heavy (non-hydrogen) atoms. The average Bonchev–Trinajstić information content (AvgIpc) is 3.71. The van der Waals surface area contributed by atoms with Gasteiger partial charge in [-0.1, -0.05) is 66.4 Å². The van der Waals surface area contributed by atoms with Crippen LogP contribution in [-0.4, -0.2) is 40.9 Å². The Morgan fingerprint density at radius 2 is 1.80 bits per heavy atom. The minimum atomic E-state index is -1.43. The molecule has 202 valence electrons. The second-order valence-corrected chi connectivity index (χ2v) is 10.6. The monoisotopic (exact) mass is 542 g/mol. The molecule has 4 amide bonds. The van der Waals surface area contributed by atoms with Crippen LogP contribution in [0.25, 0.3) is 22.0 Å². The van der Waals surface area contributed by atoms with Gasteiger partial charge in [0.05, 0.1) is 12.1 Å². The Bertz CT molecular complexity index is 1780. The molecule has 2 N–H and O–H groups in total. The van der Waals surface area contributed by atoms with Gasteiger partial charge in [-0.05, 0) is 47.7 Å². The molecule has 7 rings (SSSR count). The zero-order valence-corrected chi connectivity index (χ0v) is 22.1. The molecule has 8 nitrogen and oxygen atoms in total. The van der Waals surface area contributed by atoms with Gasteiger partial charge >= 0.3 is 6.03 Å². The predicted octanol–water partition coefficient (Wildman–Crippen LogP) is 4.38. The highest BCUT2D eigenvalue weighted by Gasteiger charge is 2.50. The summed E-state index contributed by atoms with van der Waals surface area (Å²) in [5, 5.41) is 6.21. The molecule has 0 radical (unpaired) electrons. The van der Waals surface area contributed by atoms with Crippen LogP contribution in [0.15, 0.2) is 79.0 Å². The number of rotatable bonds is 6. The minimum Gasteiger partial charge on any atom is -0.481 e. The van der Waals surface area contributed by atoms with Crippen molar-refractivity contribution in [2.45, 2.75) is 24.9 Å². The van der Waals surface area contributed by atoms with Crippen LogP contribution in [0.2, 0.25) is 0 Å². The van der Waals surface area contributed by atoms with E-state index in [1.807, 2.05) is 66.7 Å². The van der Waals surface area contributed by atoms with E-state index in [1.165, 1.54) is 0 Å². The Labute approximate surface area is 236 Å². The van der Waals surface area contributed by atoms with Crippen molar-refractivity contribution in [3.05, 3.63) is 95.7 Å². The molecule has 0 spiro atoms. The molecule has 2 fully saturated rings. The zero-order chi connectivity index (χ0) is 28.0. The van der Waals surface area contributed by atoms with Gasteiger partial charge < -0.3 is 15.0 Å². The number of carbonyl (C=O) groups is 3. The third kappa shape index (κ3) is 4.55. The maximum Gasteiger partial charge on any atom is 0.322 e. The van der Waals surface area contributed by atoms with Gasteiger partial charge in [0.25, 0.3) is 11.8 Å². The van der Waals surface area contributed by atoms with E-state index in [2.05, 4.69) is 27.5 Å². The van der Waals surface area contributed by atoms with E-state index in [1.54, 1.807) is 17.2 Å². The summed E-state index contributed by atoms with van der Waals surface area (Å²) in [5.41, 5.74) is 3.29. The fourth-order valence-electron chi connectivity index (χ4n) is 5.55. The minimum absolute atomic E-state index is 0.0175. The number of para-hydroxylation sites is 1.